The molecular weight excluding hydrogens is 212 g/mol. The van der Waals surface area contributed by atoms with Gasteiger partial charge in [-0.15, -0.1) is 0 Å². The quantitative estimate of drug-likeness (QED) is 0.857. The van der Waals surface area contributed by atoms with Crippen molar-refractivity contribution in [2.24, 2.45) is 0 Å². The van der Waals surface area contributed by atoms with Gasteiger partial charge < -0.3 is 5.11 Å². The van der Waals surface area contributed by atoms with Crippen molar-refractivity contribution in [1.29, 1.82) is 0 Å². The first-order chi connectivity index (χ1) is 7.07. The first-order valence-corrected chi connectivity index (χ1v) is 6.02. The van der Waals surface area contributed by atoms with E-state index in [0.717, 1.165) is 6.42 Å². The average molecular weight is 226 g/mol. The Labute approximate surface area is 91.6 Å². The summed E-state index contributed by atoms with van der Waals surface area (Å²) in [5.74, 6) is -1.03. The number of aromatic carboxylic acids is 1. The van der Waals surface area contributed by atoms with Crippen LogP contribution in [0.1, 0.15) is 30.6 Å². The molecule has 82 valence electrons. The van der Waals surface area contributed by atoms with Crippen LogP contribution < -0.4 is 0 Å². The van der Waals surface area contributed by atoms with Gasteiger partial charge in [0.25, 0.3) is 0 Å². The Morgan fingerprint density at radius 2 is 2.07 bits per heavy atom. The highest BCUT2D eigenvalue weighted by molar-refractivity contribution is 7.85. The van der Waals surface area contributed by atoms with Gasteiger partial charge in [-0.2, -0.15) is 0 Å². The maximum absolute atomic E-state index is 11.9. The van der Waals surface area contributed by atoms with Gasteiger partial charge in [0.15, 0.2) is 0 Å². The van der Waals surface area contributed by atoms with Crippen LogP contribution in [0.5, 0.6) is 0 Å². The molecule has 2 atom stereocenters. The lowest BCUT2D eigenvalue weighted by Gasteiger charge is -2.10. The Morgan fingerprint density at radius 3 is 2.60 bits per heavy atom. The van der Waals surface area contributed by atoms with Crippen LogP contribution in [-0.4, -0.2) is 20.5 Å². The van der Waals surface area contributed by atoms with Crippen molar-refractivity contribution in [2.75, 3.05) is 0 Å². The van der Waals surface area contributed by atoms with Crippen molar-refractivity contribution in [2.45, 2.75) is 30.4 Å². The monoisotopic (exact) mass is 226 g/mol. The molecule has 2 unspecified atom stereocenters. The van der Waals surface area contributed by atoms with E-state index in [4.69, 9.17) is 5.11 Å². The number of carboxylic acids is 1. The number of benzene rings is 1. The van der Waals surface area contributed by atoms with Crippen LogP contribution in [0, 0.1) is 0 Å². The lowest BCUT2D eigenvalue weighted by atomic mass is 10.2. The van der Waals surface area contributed by atoms with Gasteiger partial charge in [-0.1, -0.05) is 26.0 Å². The fourth-order valence-electron chi connectivity index (χ4n) is 1.19. The SMILES string of the molecule is CCC(C)S(=O)c1ccccc1C(=O)O. The molecule has 3 nitrogen and oxygen atoms in total. The van der Waals surface area contributed by atoms with Crippen LogP contribution in [-0.2, 0) is 10.8 Å². The van der Waals surface area contributed by atoms with Gasteiger partial charge in [0, 0.05) is 5.25 Å². The summed E-state index contributed by atoms with van der Waals surface area (Å²) in [7, 11) is -1.24. The molecule has 0 aliphatic heterocycles. The van der Waals surface area contributed by atoms with E-state index in [1.165, 1.54) is 6.07 Å². The van der Waals surface area contributed by atoms with Gasteiger partial charge in [-0.3, -0.25) is 4.21 Å². The minimum atomic E-state index is -1.24. The molecule has 0 spiro atoms. The zero-order chi connectivity index (χ0) is 11.4. The highest BCUT2D eigenvalue weighted by atomic mass is 32.2. The summed E-state index contributed by atoms with van der Waals surface area (Å²) in [4.78, 5) is 11.3. The van der Waals surface area contributed by atoms with E-state index in [1.807, 2.05) is 13.8 Å². The summed E-state index contributed by atoms with van der Waals surface area (Å²) in [5, 5.41) is 8.91. The maximum atomic E-state index is 11.9. The van der Waals surface area contributed by atoms with Crippen molar-refractivity contribution in [3.63, 3.8) is 0 Å². The highest BCUT2D eigenvalue weighted by Gasteiger charge is 2.18. The Kier molecular flexibility index (Phi) is 4.03. The number of hydrogen-bond acceptors (Lipinski definition) is 2. The summed E-state index contributed by atoms with van der Waals surface area (Å²) in [5.41, 5.74) is 0.135. The van der Waals surface area contributed by atoms with Gasteiger partial charge in [-0.25, -0.2) is 4.79 Å². The molecule has 0 aliphatic carbocycles. The molecule has 1 aromatic carbocycles. The molecule has 0 radical (unpaired) electrons. The molecule has 0 saturated heterocycles. The van der Waals surface area contributed by atoms with E-state index in [1.54, 1.807) is 18.2 Å². The second-order valence-electron chi connectivity index (χ2n) is 3.32. The minimum Gasteiger partial charge on any atom is -0.478 e. The molecule has 0 fully saturated rings. The highest BCUT2D eigenvalue weighted by Crippen LogP contribution is 2.18. The smallest absolute Gasteiger partial charge is 0.336 e. The Morgan fingerprint density at radius 1 is 1.47 bits per heavy atom. The molecule has 0 amide bonds. The Bertz CT molecular complexity index is 387. The van der Waals surface area contributed by atoms with E-state index in [-0.39, 0.29) is 10.8 Å². The fourth-order valence-corrected chi connectivity index (χ4v) is 2.51. The van der Waals surface area contributed by atoms with Crippen LogP contribution in [0.4, 0.5) is 0 Å². The number of rotatable bonds is 4. The topological polar surface area (TPSA) is 54.4 Å². The molecule has 0 bridgehead atoms. The van der Waals surface area contributed by atoms with E-state index >= 15 is 0 Å². The average Bonchev–Trinajstić information content (AvgIpc) is 2.27. The first-order valence-electron chi connectivity index (χ1n) is 4.80. The van der Waals surface area contributed by atoms with Crippen LogP contribution in [0.3, 0.4) is 0 Å². The maximum Gasteiger partial charge on any atom is 0.336 e. The Balaban J connectivity index is 3.13. The predicted octanol–water partition coefficient (Wildman–Crippen LogP) is 2.29. The van der Waals surface area contributed by atoms with Crippen LogP contribution >= 0.6 is 0 Å². The van der Waals surface area contributed by atoms with Crippen LogP contribution in [0.2, 0.25) is 0 Å². The fraction of sp³-hybridized carbons (Fsp3) is 0.364. The normalized spacial score (nSPS) is 14.5. The summed E-state index contributed by atoms with van der Waals surface area (Å²) in [6.45, 7) is 3.79. The number of hydrogen-bond donors (Lipinski definition) is 1. The second-order valence-corrected chi connectivity index (χ2v) is 5.16. The first kappa shape index (κ1) is 11.9. The number of carboxylic acid groups (broad SMARTS) is 1. The van der Waals surface area contributed by atoms with Gasteiger partial charge in [-0.05, 0) is 18.6 Å². The predicted molar refractivity (Wildman–Crippen MR) is 59.6 cm³/mol. The van der Waals surface area contributed by atoms with Crippen molar-refractivity contribution in [3.05, 3.63) is 29.8 Å². The van der Waals surface area contributed by atoms with E-state index in [9.17, 15) is 9.00 Å². The Hall–Kier alpha value is -1.16. The number of carbonyl (C=O) groups is 1. The third-order valence-electron chi connectivity index (χ3n) is 2.27. The molecule has 1 aromatic rings. The molecule has 1 rings (SSSR count). The summed E-state index contributed by atoms with van der Waals surface area (Å²) < 4.78 is 11.9. The molecule has 15 heavy (non-hydrogen) atoms. The van der Waals surface area contributed by atoms with E-state index in [2.05, 4.69) is 0 Å². The van der Waals surface area contributed by atoms with Crippen molar-refractivity contribution < 1.29 is 14.1 Å². The van der Waals surface area contributed by atoms with Crippen LogP contribution in [0.25, 0.3) is 0 Å². The molecule has 0 saturated carbocycles. The largest absolute Gasteiger partial charge is 0.478 e. The van der Waals surface area contributed by atoms with Crippen molar-refractivity contribution in [3.8, 4) is 0 Å². The lowest BCUT2D eigenvalue weighted by Crippen LogP contribution is -2.13. The van der Waals surface area contributed by atoms with Crippen molar-refractivity contribution >= 4 is 16.8 Å². The summed E-state index contributed by atoms with van der Waals surface area (Å²) in [6, 6.07) is 6.45. The van der Waals surface area contributed by atoms with Gasteiger partial charge in [0.2, 0.25) is 0 Å². The molecular formula is C11H14O3S. The summed E-state index contributed by atoms with van der Waals surface area (Å²) >= 11 is 0. The standard InChI is InChI=1S/C11H14O3S/c1-3-8(2)15(14)10-7-5-4-6-9(10)11(12)13/h4-8H,3H2,1-2H3,(H,12,13). The molecule has 4 heteroatoms. The zero-order valence-electron chi connectivity index (χ0n) is 8.77. The minimum absolute atomic E-state index is 0.0227. The third-order valence-corrected chi connectivity index (χ3v) is 4.13. The van der Waals surface area contributed by atoms with E-state index in [0.29, 0.717) is 4.90 Å². The molecule has 1 N–H and O–H groups in total. The van der Waals surface area contributed by atoms with Crippen molar-refractivity contribution in [1.82, 2.24) is 0 Å². The lowest BCUT2D eigenvalue weighted by molar-refractivity contribution is 0.0693. The van der Waals surface area contributed by atoms with Gasteiger partial charge in [0.05, 0.1) is 21.3 Å². The van der Waals surface area contributed by atoms with Gasteiger partial charge >= 0.3 is 5.97 Å². The molecule has 0 aliphatic rings. The second kappa shape index (κ2) is 5.07. The van der Waals surface area contributed by atoms with Gasteiger partial charge in [0.1, 0.15) is 0 Å². The zero-order valence-corrected chi connectivity index (χ0v) is 9.58. The van der Waals surface area contributed by atoms with Crippen LogP contribution in [0.15, 0.2) is 29.2 Å². The van der Waals surface area contributed by atoms with E-state index < -0.39 is 16.8 Å². The summed E-state index contributed by atoms with van der Waals surface area (Å²) in [6.07, 6.45) is 0.764. The molecule has 0 aromatic heterocycles. The third kappa shape index (κ3) is 2.65. The molecule has 0 heterocycles.